The molecule has 1 amide bonds. The van der Waals surface area contributed by atoms with Crippen molar-refractivity contribution in [1.82, 2.24) is 5.32 Å². The number of carbonyl (C=O) groups excluding carboxylic acids is 1. The average molecular weight is 400 g/mol. The van der Waals surface area contributed by atoms with Crippen LogP contribution in [0.4, 0.5) is 5.69 Å². The number of nitriles is 1. The number of nitrogens with one attached hydrogen (secondary N) is 1. The molecule has 0 saturated heterocycles. The highest BCUT2D eigenvalue weighted by Gasteiger charge is 2.29. The van der Waals surface area contributed by atoms with Crippen molar-refractivity contribution in [2.24, 2.45) is 0 Å². The second-order valence-electron chi connectivity index (χ2n) is 5.92. The van der Waals surface area contributed by atoms with E-state index in [1.807, 2.05) is 12.1 Å². The Morgan fingerprint density at radius 2 is 1.89 bits per heavy atom. The Labute approximate surface area is 165 Å². The van der Waals surface area contributed by atoms with Gasteiger partial charge in [0, 0.05) is 35.2 Å². The van der Waals surface area contributed by atoms with Gasteiger partial charge in [-0.2, -0.15) is 5.26 Å². The van der Waals surface area contributed by atoms with Crippen LogP contribution in [0.25, 0.3) is 0 Å². The predicted molar refractivity (Wildman–Crippen MR) is 104 cm³/mol. The zero-order valence-corrected chi connectivity index (χ0v) is 15.6. The number of non-ortho nitro benzene ring substituents is 1. The Balaban J connectivity index is 1.82. The molecule has 136 valence electrons. The fraction of sp³-hybridized carbons (Fsp3) is 0.158. The largest absolute Gasteiger partial charge is 0.320 e. The lowest BCUT2D eigenvalue weighted by molar-refractivity contribution is -0.384. The van der Waals surface area contributed by atoms with Crippen molar-refractivity contribution in [3.05, 3.63) is 85.4 Å². The molecule has 1 heterocycles. The first-order chi connectivity index (χ1) is 13.0. The van der Waals surface area contributed by atoms with Gasteiger partial charge in [-0.3, -0.25) is 14.9 Å². The molecule has 3 rings (SSSR count). The molecule has 2 aromatic carbocycles. The summed E-state index contributed by atoms with van der Waals surface area (Å²) in [6.07, 6.45) is 0.201. The van der Waals surface area contributed by atoms with Crippen LogP contribution in [-0.4, -0.2) is 10.8 Å². The summed E-state index contributed by atoms with van der Waals surface area (Å²) in [5, 5.41) is 24.3. The standard InChI is InChI=1S/C19H14ClN3O3S/c20-14-5-3-13(4-6-14)16-9-18(24)22-19(17(16)10-21)27-11-12-1-7-15(8-2-12)23(25)26/h1-8,16H,9,11H2,(H,22,24)/t16-/m0/s1. The molecule has 1 atom stereocenters. The fourth-order valence-corrected chi connectivity index (χ4v) is 3.94. The van der Waals surface area contributed by atoms with Gasteiger partial charge in [-0.1, -0.05) is 35.9 Å². The van der Waals surface area contributed by atoms with Crippen LogP contribution in [-0.2, 0) is 10.5 Å². The molecule has 0 radical (unpaired) electrons. The van der Waals surface area contributed by atoms with Crippen LogP contribution in [0, 0.1) is 21.4 Å². The molecule has 0 spiro atoms. The minimum atomic E-state index is -0.453. The second kappa shape index (κ2) is 8.25. The molecule has 0 fully saturated rings. The summed E-state index contributed by atoms with van der Waals surface area (Å²) < 4.78 is 0. The van der Waals surface area contributed by atoms with Crippen LogP contribution < -0.4 is 5.32 Å². The number of benzene rings is 2. The van der Waals surface area contributed by atoms with Crippen molar-refractivity contribution in [2.75, 3.05) is 0 Å². The molecule has 8 heteroatoms. The van der Waals surface area contributed by atoms with E-state index in [0.29, 0.717) is 21.4 Å². The zero-order valence-electron chi connectivity index (χ0n) is 14.0. The number of nitro benzene ring substituents is 1. The number of thioether (sulfide) groups is 1. The first-order valence-corrected chi connectivity index (χ1v) is 9.40. The van der Waals surface area contributed by atoms with Gasteiger partial charge in [-0.05, 0) is 23.3 Å². The minimum absolute atomic E-state index is 0.0226. The first kappa shape index (κ1) is 19.0. The van der Waals surface area contributed by atoms with Gasteiger partial charge >= 0.3 is 0 Å². The third-order valence-electron chi connectivity index (χ3n) is 4.16. The predicted octanol–water partition coefficient (Wildman–Crippen LogP) is 4.52. The Kier molecular flexibility index (Phi) is 5.79. The number of hydrogen-bond acceptors (Lipinski definition) is 5. The van der Waals surface area contributed by atoms with E-state index in [4.69, 9.17) is 11.6 Å². The lowest BCUT2D eigenvalue weighted by Gasteiger charge is -2.25. The van der Waals surface area contributed by atoms with Crippen molar-refractivity contribution in [2.45, 2.75) is 18.1 Å². The third-order valence-corrected chi connectivity index (χ3v) is 5.50. The van der Waals surface area contributed by atoms with Crippen LogP contribution in [0.15, 0.2) is 59.1 Å². The number of nitro groups is 1. The van der Waals surface area contributed by atoms with Crippen molar-refractivity contribution < 1.29 is 9.72 Å². The highest BCUT2D eigenvalue weighted by atomic mass is 35.5. The molecule has 0 saturated carbocycles. The molecule has 2 aromatic rings. The van der Waals surface area contributed by atoms with Gasteiger partial charge in [0.15, 0.2) is 0 Å². The third kappa shape index (κ3) is 4.48. The number of nitrogens with zero attached hydrogens (tertiary/aromatic N) is 2. The highest BCUT2D eigenvalue weighted by Crippen LogP contribution is 2.37. The summed E-state index contributed by atoms with van der Waals surface area (Å²) in [6.45, 7) is 0. The van der Waals surface area contributed by atoms with Crippen molar-refractivity contribution >= 4 is 35.0 Å². The molecule has 1 N–H and O–H groups in total. The summed E-state index contributed by atoms with van der Waals surface area (Å²) in [4.78, 5) is 22.4. The zero-order chi connectivity index (χ0) is 19.4. The number of hydrogen-bond donors (Lipinski definition) is 1. The minimum Gasteiger partial charge on any atom is -0.320 e. The Morgan fingerprint density at radius 3 is 2.48 bits per heavy atom. The molecule has 1 aliphatic heterocycles. The average Bonchev–Trinajstić information content (AvgIpc) is 2.66. The van der Waals surface area contributed by atoms with Crippen molar-refractivity contribution in [3.63, 3.8) is 0 Å². The SMILES string of the molecule is N#CC1=C(SCc2ccc([N+](=O)[O-])cc2)NC(=O)C[C@H]1c1ccc(Cl)cc1. The van der Waals surface area contributed by atoms with E-state index in [9.17, 15) is 20.2 Å². The van der Waals surface area contributed by atoms with Crippen LogP contribution >= 0.6 is 23.4 Å². The first-order valence-electron chi connectivity index (χ1n) is 8.03. The molecule has 27 heavy (non-hydrogen) atoms. The summed E-state index contributed by atoms with van der Waals surface area (Å²) in [7, 11) is 0. The molecule has 0 unspecified atom stereocenters. The maximum absolute atomic E-state index is 12.1. The number of halogens is 1. The van der Waals surface area contributed by atoms with Crippen LogP contribution in [0.5, 0.6) is 0 Å². The Bertz CT molecular complexity index is 950. The lowest BCUT2D eigenvalue weighted by atomic mass is 9.87. The van der Waals surface area contributed by atoms with Gasteiger partial charge in [0.05, 0.1) is 21.6 Å². The Hall–Kier alpha value is -2.82. The Morgan fingerprint density at radius 1 is 1.22 bits per heavy atom. The van der Waals surface area contributed by atoms with E-state index in [-0.39, 0.29) is 23.9 Å². The van der Waals surface area contributed by atoms with Gasteiger partial charge in [-0.25, -0.2) is 0 Å². The van der Waals surface area contributed by atoms with E-state index in [1.165, 1.54) is 23.9 Å². The monoisotopic (exact) mass is 399 g/mol. The summed E-state index contributed by atoms with van der Waals surface area (Å²) in [5.41, 5.74) is 2.25. The molecule has 0 bridgehead atoms. The topological polar surface area (TPSA) is 96.0 Å². The summed E-state index contributed by atoms with van der Waals surface area (Å²) in [6, 6.07) is 15.5. The maximum Gasteiger partial charge on any atom is 0.269 e. The molecule has 6 nitrogen and oxygen atoms in total. The van der Waals surface area contributed by atoms with Crippen LogP contribution in [0.2, 0.25) is 5.02 Å². The number of amides is 1. The number of rotatable bonds is 5. The molecule has 0 aromatic heterocycles. The van der Waals surface area contributed by atoms with Gasteiger partial charge in [0.25, 0.3) is 5.69 Å². The quantitative estimate of drug-likeness (QED) is 0.589. The van der Waals surface area contributed by atoms with E-state index in [1.54, 1.807) is 24.3 Å². The van der Waals surface area contributed by atoms with Gasteiger partial charge in [0.1, 0.15) is 0 Å². The maximum atomic E-state index is 12.1. The summed E-state index contributed by atoms with van der Waals surface area (Å²) in [5.74, 6) is 0.00656. The second-order valence-corrected chi connectivity index (χ2v) is 7.35. The number of carbonyl (C=O) groups is 1. The van der Waals surface area contributed by atoms with Gasteiger partial charge < -0.3 is 5.32 Å². The highest BCUT2D eigenvalue weighted by molar-refractivity contribution is 8.02. The summed E-state index contributed by atoms with van der Waals surface area (Å²) >= 11 is 7.26. The van der Waals surface area contributed by atoms with Gasteiger partial charge in [0.2, 0.25) is 5.91 Å². The van der Waals surface area contributed by atoms with Gasteiger partial charge in [-0.15, -0.1) is 11.8 Å². The van der Waals surface area contributed by atoms with Crippen LogP contribution in [0.1, 0.15) is 23.5 Å². The van der Waals surface area contributed by atoms with E-state index >= 15 is 0 Å². The lowest BCUT2D eigenvalue weighted by Crippen LogP contribution is -2.30. The molecular weight excluding hydrogens is 386 g/mol. The smallest absolute Gasteiger partial charge is 0.269 e. The van der Waals surface area contributed by atoms with E-state index < -0.39 is 4.92 Å². The number of allylic oxidation sites excluding steroid dienone is 1. The van der Waals surface area contributed by atoms with Crippen molar-refractivity contribution in [3.8, 4) is 6.07 Å². The molecule has 0 aliphatic carbocycles. The van der Waals surface area contributed by atoms with E-state index in [2.05, 4.69) is 11.4 Å². The van der Waals surface area contributed by atoms with E-state index in [0.717, 1.165) is 11.1 Å². The van der Waals surface area contributed by atoms with Crippen molar-refractivity contribution in [1.29, 1.82) is 5.26 Å². The molecule has 1 aliphatic rings. The normalized spacial score (nSPS) is 16.6. The fourth-order valence-electron chi connectivity index (χ4n) is 2.78. The van der Waals surface area contributed by atoms with Crippen LogP contribution in [0.3, 0.4) is 0 Å². The molecular formula is C19H14ClN3O3S.